The molecule has 18 heavy (non-hydrogen) atoms. The molecule has 1 rings (SSSR count). The molecule has 0 aliphatic carbocycles. The first-order valence-corrected chi connectivity index (χ1v) is 7.57. The van der Waals surface area contributed by atoms with Gasteiger partial charge in [0.15, 0.2) is 5.78 Å². The van der Waals surface area contributed by atoms with E-state index in [1.165, 1.54) is 19.3 Å². The average Bonchev–Trinajstić information content (AvgIpc) is 2.43. The van der Waals surface area contributed by atoms with Gasteiger partial charge >= 0.3 is 0 Å². The zero-order chi connectivity index (χ0) is 13.4. The third-order valence-electron chi connectivity index (χ3n) is 3.99. The summed E-state index contributed by atoms with van der Waals surface area (Å²) in [5.41, 5.74) is 0. The standard InChI is InChI=1S/C15H29NO2/c1-4-7-8-13(5-2)11-14(17)15-12-16(6-3)9-10-18-15/h13,15H,4-12H2,1-3H3. The van der Waals surface area contributed by atoms with Crippen LogP contribution in [0.2, 0.25) is 0 Å². The zero-order valence-corrected chi connectivity index (χ0v) is 12.3. The summed E-state index contributed by atoms with van der Waals surface area (Å²) in [5.74, 6) is 0.870. The Hall–Kier alpha value is -0.410. The Labute approximate surface area is 112 Å². The zero-order valence-electron chi connectivity index (χ0n) is 12.3. The Morgan fingerprint density at radius 2 is 2.17 bits per heavy atom. The predicted molar refractivity (Wildman–Crippen MR) is 74.8 cm³/mol. The van der Waals surface area contributed by atoms with E-state index >= 15 is 0 Å². The van der Waals surface area contributed by atoms with Crippen molar-refractivity contribution in [1.29, 1.82) is 0 Å². The van der Waals surface area contributed by atoms with Gasteiger partial charge < -0.3 is 4.74 Å². The fraction of sp³-hybridized carbons (Fsp3) is 0.933. The van der Waals surface area contributed by atoms with Crippen LogP contribution in [0.1, 0.15) is 52.9 Å². The number of ketones is 1. The van der Waals surface area contributed by atoms with E-state index in [9.17, 15) is 4.79 Å². The van der Waals surface area contributed by atoms with Crippen molar-refractivity contribution in [1.82, 2.24) is 4.90 Å². The molecule has 0 aromatic carbocycles. The highest BCUT2D eigenvalue weighted by Crippen LogP contribution is 2.19. The molecule has 1 heterocycles. The van der Waals surface area contributed by atoms with E-state index in [2.05, 4.69) is 25.7 Å². The number of likely N-dealkylation sites (N-methyl/N-ethyl adjacent to an activating group) is 1. The quantitative estimate of drug-likeness (QED) is 0.668. The number of hydrogen-bond acceptors (Lipinski definition) is 3. The number of carbonyl (C=O) groups excluding carboxylic acids is 1. The molecule has 2 unspecified atom stereocenters. The molecule has 1 aliphatic heterocycles. The molecule has 3 heteroatoms. The first kappa shape index (κ1) is 15.6. The van der Waals surface area contributed by atoms with Crippen LogP contribution in [0.4, 0.5) is 0 Å². The smallest absolute Gasteiger partial charge is 0.163 e. The van der Waals surface area contributed by atoms with Gasteiger partial charge in [-0.15, -0.1) is 0 Å². The summed E-state index contributed by atoms with van der Waals surface area (Å²) in [4.78, 5) is 14.5. The molecule has 2 atom stereocenters. The van der Waals surface area contributed by atoms with E-state index in [1.54, 1.807) is 0 Å². The van der Waals surface area contributed by atoms with Crippen molar-refractivity contribution < 1.29 is 9.53 Å². The van der Waals surface area contributed by atoms with E-state index in [1.807, 2.05) is 0 Å². The Morgan fingerprint density at radius 1 is 1.39 bits per heavy atom. The number of hydrogen-bond donors (Lipinski definition) is 0. The minimum Gasteiger partial charge on any atom is -0.368 e. The van der Waals surface area contributed by atoms with Gasteiger partial charge in [0.1, 0.15) is 6.10 Å². The molecule has 0 bridgehead atoms. The first-order valence-electron chi connectivity index (χ1n) is 7.57. The molecule has 3 nitrogen and oxygen atoms in total. The second kappa shape index (κ2) is 8.65. The summed E-state index contributed by atoms with van der Waals surface area (Å²) in [7, 11) is 0. The van der Waals surface area contributed by atoms with Crippen LogP contribution in [0.5, 0.6) is 0 Å². The van der Waals surface area contributed by atoms with Crippen LogP contribution < -0.4 is 0 Å². The van der Waals surface area contributed by atoms with E-state index in [0.717, 1.165) is 26.1 Å². The van der Waals surface area contributed by atoms with Gasteiger partial charge in [-0.1, -0.05) is 46.5 Å². The van der Waals surface area contributed by atoms with Gasteiger partial charge in [-0.3, -0.25) is 9.69 Å². The molecule has 0 amide bonds. The second-order valence-electron chi connectivity index (χ2n) is 5.34. The van der Waals surface area contributed by atoms with Gasteiger partial charge in [0.2, 0.25) is 0 Å². The lowest BCUT2D eigenvalue weighted by Gasteiger charge is -2.31. The van der Waals surface area contributed by atoms with E-state index < -0.39 is 0 Å². The van der Waals surface area contributed by atoms with Gasteiger partial charge in [0.25, 0.3) is 0 Å². The summed E-state index contributed by atoms with van der Waals surface area (Å²) in [6.07, 6.45) is 5.28. The largest absolute Gasteiger partial charge is 0.368 e. The SMILES string of the molecule is CCCCC(CC)CC(=O)C1CN(CC)CCO1. The molecular formula is C15H29NO2. The number of rotatable bonds is 8. The van der Waals surface area contributed by atoms with Crippen LogP contribution in [0, 0.1) is 5.92 Å². The molecule has 0 radical (unpaired) electrons. The van der Waals surface area contributed by atoms with Crippen LogP contribution in [0.25, 0.3) is 0 Å². The molecule has 1 aliphatic rings. The maximum Gasteiger partial charge on any atom is 0.163 e. The van der Waals surface area contributed by atoms with Crippen molar-refractivity contribution in [2.75, 3.05) is 26.2 Å². The highest BCUT2D eigenvalue weighted by atomic mass is 16.5. The molecule has 0 saturated carbocycles. The van der Waals surface area contributed by atoms with E-state index in [0.29, 0.717) is 24.7 Å². The van der Waals surface area contributed by atoms with Crippen molar-refractivity contribution in [3.63, 3.8) is 0 Å². The van der Waals surface area contributed by atoms with Gasteiger partial charge in [-0.2, -0.15) is 0 Å². The topological polar surface area (TPSA) is 29.5 Å². The van der Waals surface area contributed by atoms with Crippen LogP contribution in [-0.4, -0.2) is 43.0 Å². The molecule has 1 saturated heterocycles. The Bertz CT molecular complexity index is 243. The van der Waals surface area contributed by atoms with Crippen molar-refractivity contribution in [2.24, 2.45) is 5.92 Å². The van der Waals surface area contributed by atoms with Crippen LogP contribution in [0.3, 0.4) is 0 Å². The molecule has 106 valence electrons. The first-order chi connectivity index (χ1) is 8.71. The average molecular weight is 255 g/mol. The van der Waals surface area contributed by atoms with Crippen molar-refractivity contribution in [3.05, 3.63) is 0 Å². The van der Waals surface area contributed by atoms with E-state index in [4.69, 9.17) is 4.74 Å². The Morgan fingerprint density at radius 3 is 2.78 bits per heavy atom. The summed E-state index contributed by atoms with van der Waals surface area (Å²) >= 11 is 0. The minimum absolute atomic E-state index is 0.172. The summed E-state index contributed by atoms with van der Waals surface area (Å²) in [5, 5.41) is 0. The van der Waals surface area contributed by atoms with Crippen molar-refractivity contribution >= 4 is 5.78 Å². The highest BCUT2D eigenvalue weighted by Gasteiger charge is 2.26. The van der Waals surface area contributed by atoms with E-state index in [-0.39, 0.29) is 6.10 Å². The fourth-order valence-electron chi connectivity index (χ4n) is 2.54. The summed E-state index contributed by atoms with van der Waals surface area (Å²) < 4.78 is 5.63. The highest BCUT2D eigenvalue weighted by molar-refractivity contribution is 5.83. The number of unbranched alkanes of at least 4 members (excludes halogenated alkanes) is 1. The lowest BCUT2D eigenvalue weighted by atomic mass is 9.92. The van der Waals surface area contributed by atoms with Gasteiger partial charge in [-0.25, -0.2) is 0 Å². The number of nitrogens with zero attached hydrogens (tertiary/aromatic N) is 1. The minimum atomic E-state index is -0.172. The van der Waals surface area contributed by atoms with Crippen molar-refractivity contribution in [3.8, 4) is 0 Å². The Balaban J connectivity index is 2.38. The van der Waals surface area contributed by atoms with Crippen LogP contribution in [0.15, 0.2) is 0 Å². The molecule has 0 aromatic rings. The third-order valence-corrected chi connectivity index (χ3v) is 3.99. The lowest BCUT2D eigenvalue weighted by Crippen LogP contribution is -2.46. The normalized spacial score (nSPS) is 22.9. The summed E-state index contributed by atoms with van der Waals surface area (Å²) in [6, 6.07) is 0. The number of ether oxygens (including phenoxy) is 1. The Kier molecular flexibility index (Phi) is 7.52. The third kappa shape index (κ3) is 5.07. The lowest BCUT2D eigenvalue weighted by molar-refractivity contribution is -0.137. The van der Waals surface area contributed by atoms with Crippen LogP contribution >= 0.6 is 0 Å². The monoisotopic (exact) mass is 255 g/mol. The predicted octanol–water partition coefficient (Wildman–Crippen LogP) is 2.88. The van der Waals surface area contributed by atoms with Crippen molar-refractivity contribution in [2.45, 2.75) is 59.0 Å². The number of morpholine rings is 1. The molecular weight excluding hydrogens is 226 g/mol. The number of Topliss-reactive ketones (excluding diaryl/α,β-unsaturated/α-hetero) is 1. The second-order valence-corrected chi connectivity index (χ2v) is 5.34. The van der Waals surface area contributed by atoms with Gasteiger partial charge in [0.05, 0.1) is 6.61 Å². The summed E-state index contributed by atoms with van der Waals surface area (Å²) in [6.45, 7) is 10.0. The fourth-order valence-corrected chi connectivity index (χ4v) is 2.54. The molecule has 1 fully saturated rings. The molecule has 0 N–H and O–H groups in total. The number of carbonyl (C=O) groups is 1. The maximum atomic E-state index is 12.2. The van der Waals surface area contributed by atoms with Gasteiger partial charge in [-0.05, 0) is 12.5 Å². The maximum absolute atomic E-state index is 12.2. The van der Waals surface area contributed by atoms with Gasteiger partial charge in [0, 0.05) is 19.5 Å². The van der Waals surface area contributed by atoms with Crippen LogP contribution in [-0.2, 0) is 9.53 Å². The molecule has 0 spiro atoms. The molecule has 0 aromatic heterocycles.